The molecule has 0 radical (unpaired) electrons. The number of aryl methyl sites for hydroxylation is 1. The molecule has 1 aromatic rings. The Hall–Kier alpha value is -1.51. The Morgan fingerprint density at radius 1 is 1.40 bits per heavy atom. The Morgan fingerprint density at radius 2 is 2.13 bits per heavy atom. The van der Waals surface area contributed by atoms with E-state index in [1.54, 1.807) is 12.1 Å². The van der Waals surface area contributed by atoms with Crippen LogP contribution in [0.5, 0.6) is 11.5 Å². The van der Waals surface area contributed by atoms with Crippen molar-refractivity contribution in [2.45, 2.75) is 26.7 Å². The van der Waals surface area contributed by atoms with E-state index in [2.05, 4.69) is 6.92 Å². The Balaban J connectivity index is 3.12. The van der Waals surface area contributed by atoms with Gasteiger partial charge < -0.3 is 9.84 Å². The molecule has 0 amide bonds. The summed E-state index contributed by atoms with van der Waals surface area (Å²) in [6.07, 6.45) is 2.44. The quantitative estimate of drug-likeness (QED) is 0.756. The van der Waals surface area contributed by atoms with Gasteiger partial charge in [0.05, 0.1) is 12.2 Å². The van der Waals surface area contributed by atoms with E-state index in [1.807, 2.05) is 6.92 Å². The van der Waals surface area contributed by atoms with Crippen LogP contribution in [0.15, 0.2) is 12.1 Å². The van der Waals surface area contributed by atoms with Crippen molar-refractivity contribution in [3.05, 3.63) is 23.3 Å². The summed E-state index contributed by atoms with van der Waals surface area (Å²) >= 11 is 0. The molecule has 0 aliphatic rings. The lowest BCUT2D eigenvalue weighted by Gasteiger charge is -2.11. The lowest BCUT2D eigenvalue weighted by molar-refractivity contribution is 0.112. The zero-order valence-electron chi connectivity index (χ0n) is 9.12. The first kappa shape index (κ1) is 11.6. The topological polar surface area (TPSA) is 46.5 Å². The number of phenols is 1. The normalized spacial score (nSPS) is 10.0. The van der Waals surface area contributed by atoms with Crippen molar-refractivity contribution in [3.8, 4) is 11.5 Å². The molecule has 3 heteroatoms. The Kier molecular flexibility index (Phi) is 4.16. The number of rotatable bonds is 5. The summed E-state index contributed by atoms with van der Waals surface area (Å²) in [6, 6.07) is 3.20. The van der Waals surface area contributed by atoms with E-state index in [1.165, 1.54) is 0 Å². The van der Waals surface area contributed by atoms with Crippen molar-refractivity contribution in [1.29, 1.82) is 0 Å². The minimum Gasteiger partial charge on any atom is -0.507 e. The molecule has 1 aromatic carbocycles. The van der Waals surface area contributed by atoms with Gasteiger partial charge in [-0.2, -0.15) is 0 Å². The average Bonchev–Trinajstić information content (AvgIpc) is 2.22. The number of aldehydes is 1. The van der Waals surface area contributed by atoms with Crippen LogP contribution >= 0.6 is 0 Å². The maximum atomic E-state index is 10.6. The number of ether oxygens (including phenoxy) is 1. The minimum absolute atomic E-state index is 0.0249. The van der Waals surface area contributed by atoms with Gasteiger partial charge in [-0.25, -0.2) is 0 Å². The average molecular weight is 208 g/mol. The monoisotopic (exact) mass is 208 g/mol. The van der Waals surface area contributed by atoms with Crippen LogP contribution in [-0.4, -0.2) is 18.0 Å². The van der Waals surface area contributed by atoms with Gasteiger partial charge in [0.2, 0.25) is 0 Å². The molecule has 3 nitrogen and oxygen atoms in total. The summed E-state index contributed by atoms with van der Waals surface area (Å²) in [6.45, 7) is 4.50. The van der Waals surface area contributed by atoms with E-state index in [4.69, 9.17) is 4.74 Å². The summed E-state index contributed by atoms with van der Waals surface area (Å²) in [5, 5.41) is 9.52. The second kappa shape index (κ2) is 5.39. The van der Waals surface area contributed by atoms with Gasteiger partial charge in [0.25, 0.3) is 0 Å². The van der Waals surface area contributed by atoms with Crippen molar-refractivity contribution >= 4 is 6.29 Å². The molecule has 0 aromatic heterocycles. The smallest absolute Gasteiger partial charge is 0.153 e. The fourth-order valence-electron chi connectivity index (χ4n) is 1.48. The molecule has 0 aliphatic heterocycles. The van der Waals surface area contributed by atoms with E-state index in [0.717, 1.165) is 18.4 Å². The lowest BCUT2D eigenvalue weighted by Crippen LogP contribution is -1.98. The summed E-state index contributed by atoms with van der Waals surface area (Å²) in [7, 11) is 0. The van der Waals surface area contributed by atoms with Gasteiger partial charge in [-0.1, -0.05) is 13.3 Å². The summed E-state index contributed by atoms with van der Waals surface area (Å²) in [5.41, 5.74) is 1.22. The van der Waals surface area contributed by atoms with E-state index in [0.29, 0.717) is 18.6 Å². The zero-order valence-corrected chi connectivity index (χ0v) is 9.12. The van der Waals surface area contributed by atoms with Gasteiger partial charge in [0, 0.05) is 0 Å². The van der Waals surface area contributed by atoms with Crippen LogP contribution in [0.3, 0.4) is 0 Å². The van der Waals surface area contributed by atoms with Crippen LogP contribution in [0.1, 0.15) is 36.2 Å². The number of benzene rings is 1. The van der Waals surface area contributed by atoms with Crippen molar-refractivity contribution < 1.29 is 14.6 Å². The molecule has 0 saturated carbocycles. The van der Waals surface area contributed by atoms with Gasteiger partial charge in [0.1, 0.15) is 11.5 Å². The van der Waals surface area contributed by atoms with Gasteiger partial charge in [-0.3, -0.25) is 4.79 Å². The first-order valence-electron chi connectivity index (χ1n) is 5.16. The molecule has 0 bridgehead atoms. The van der Waals surface area contributed by atoms with Crippen LogP contribution < -0.4 is 4.74 Å². The highest BCUT2D eigenvalue weighted by atomic mass is 16.5. The van der Waals surface area contributed by atoms with E-state index in [9.17, 15) is 9.90 Å². The first-order valence-corrected chi connectivity index (χ1v) is 5.16. The van der Waals surface area contributed by atoms with Crippen LogP contribution in [0.4, 0.5) is 0 Å². The summed E-state index contributed by atoms with van der Waals surface area (Å²) in [4.78, 5) is 10.6. The van der Waals surface area contributed by atoms with Crippen molar-refractivity contribution in [2.24, 2.45) is 0 Å². The zero-order chi connectivity index (χ0) is 11.3. The van der Waals surface area contributed by atoms with Crippen LogP contribution in [0.25, 0.3) is 0 Å². The second-order valence-corrected chi connectivity index (χ2v) is 3.32. The maximum absolute atomic E-state index is 10.6. The third-order valence-corrected chi connectivity index (χ3v) is 2.16. The molecule has 0 heterocycles. The van der Waals surface area contributed by atoms with Crippen LogP contribution in [-0.2, 0) is 6.42 Å². The largest absolute Gasteiger partial charge is 0.507 e. The Morgan fingerprint density at radius 3 is 2.67 bits per heavy atom. The molecular weight excluding hydrogens is 192 g/mol. The number of carbonyl (C=O) groups excluding carboxylic acids is 1. The third kappa shape index (κ3) is 2.72. The highest BCUT2D eigenvalue weighted by Crippen LogP contribution is 2.28. The van der Waals surface area contributed by atoms with E-state index in [-0.39, 0.29) is 11.3 Å². The highest BCUT2D eigenvalue weighted by Gasteiger charge is 2.08. The molecule has 0 fully saturated rings. The number of aromatic hydroxyl groups is 1. The highest BCUT2D eigenvalue weighted by molar-refractivity contribution is 5.80. The molecule has 1 rings (SSSR count). The van der Waals surface area contributed by atoms with Crippen molar-refractivity contribution in [3.63, 3.8) is 0 Å². The van der Waals surface area contributed by atoms with Crippen LogP contribution in [0, 0.1) is 0 Å². The predicted molar refractivity (Wildman–Crippen MR) is 58.7 cm³/mol. The lowest BCUT2D eigenvalue weighted by atomic mass is 10.1. The Labute approximate surface area is 89.7 Å². The molecule has 15 heavy (non-hydrogen) atoms. The molecule has 82 valence electrons. The summed E-state index contributed by atoms with van der Waals surface area (Å²) < 4.78 is 5.42. The molecular formula is C12H16O3. The van der Waals surface area contributed by atoms with Crippen LogP contribution in [0.2, 0.25) is 0 Å². The van der Waals surface area contributed by atoms with Gasteiger partial charge in [-0.15, -0.1) is 0 Å². The molecule has 0 unspecified atom stereocenters. The van der Waals surface area contributed by atoms with Crippen molar-refractivity contribution in [2.75, 3.05) is 6.61 Å². The minimum atomic E-state index is 0.0249. The SMILES string of the molecule is CCCc1cc(O)c(C=O)cc1OCC. The molecule has 0 aliphatic carbocycles. The number of phenolic OH excluding ortho intramolecular Hbond substituents is 1. The fourth-order valence-corrected chi connectivity index (χ4v) is 1.48. The standard InChI is InChI=1S/C12H16O3/c1-3-5-9-6-11(14)10(8-13)7-12(9)15-4-2/h6-8,14H,3-5H2,1-2H3. The first-order chi connectivity index (χ1) is 7.22. The molecule has 0 atom stereocenters. The van der Waals surface area contributed by atoms with Gasteiger partial charge in [-0.05, 0) is 31.0 Å². The molecule has 0 saturated heterocycles. The maximum Gasteiger partial charge on any atom is 0.153 e. The number of hydrogen-bond donors (Lipinski definition) is 1. The third-order valence-electron chi connectivity index (χ3n) is 2.16. The van der Waals surface area contributed by atoms with E-state index >= 15 is 0 Å². The van der Waals surface area contributed by atoms with E-state index < -0.39 is 0 Å². The Bertz CT molecular complexity index is 345. The van der Waals surface area contributed by atoms with Crippen molar-refractivity contribution in [1.82, 2.24) is 0 Å². The number of hydrogen-bond acceptors (Lipinski definition) is 3. The number of carbonyl (C=O) groups is 1. The summed E-state index contributed by atoms with van der Waals surface area (Å²) in [5.74, 6) is 0.719. The fraction of sp³-hybridized carbons (Fsp3) is 0.417. The predicted octanol–water partition coefficient (Wildman–Crippen LogP) is 2.56. The molecule has 0 spiro atoms. The second-order valence-electron chi connectivity index (χ2n) is 3.32. The van der Waals surface area contributed by atoms with Gasteiger partial charge in [0.15, 0.2) is 6.29 Å². The van der Waals surface area contributed by atoms with Gasteiger partial charge >= 0.3 is 0 Å². The molecule has 1 N–H and O–H groups in total.